The number of aromatic nitrogens is 2. The number of anilines is 2. The first-order chi connectivity index (χ1) is 21.2. The first-order valence-corrected chi connectivity index (χ1v) is 14.1. The van der Waals surface area contributed by atoms with E-state index in [1.165, 1.54) is 33.5 Å². The Morgan fingerprint density at radius 1 is 1.07 bits per heavy atom. The molecular weight excluding hydrogens is 584 g/mol. The van der Waals surface area contributed by atoms with Crippen LogP contribution >= 0.6 is 12.2 Å². The molecule has 0 radical (unpaired) electrons. The monoisotopic (exact) mass is 616 g/mol. The van der Waals surface area contributed by atoms with Crippen LogP contribution in [0.25, 0.3) is 5.69 Å². The smallest absolute Gasteiger partial charge is 0.271 e. The fourth-order valence-electron chi connectivity index (χ4n) is 5.63. The Bertz CT molecular complexity index is 1730. The van der Waals surface area contributed by atoms with Gasteiger partial charge in [0.2, 0.25) is 5.91 Å². The predicted octanol–water partition coefficient (Wildman–Crippen LogP) is 5.18. The van der Waals surface area contributed by atoms with E-state index in [0.29, 0.717) is 33.7 Å². The Kier molecular flexibility index (Phi) is 8.78. The maximum Gasteiger partial charge on any atom is 0.271 e. The molecule has 3 heterocycles. The van der Waals surface area contributed by atoms with Crippen molar-refractivity contribution in [3.05, 3.63) is 99.6 Å². The van der Waals surface area contributed by atoms with Crippen LogP contribution in [0.3, 0.4) is 0 Å². The summed E-state index contributed by atoms with van der Waals surface area (Å²) in [6, 6.07) is 17.0. The second kappa shape index (κ2) is 12.7. The van der Waals surface area contributed by atoms with E-state index in [-0.39, 0.29) is 24.2 Å². The number of nitrogens with zero attached hydrogens (tertiary/aromatic N) is 4. The Balaban J connectivity index is 1.68. The van der Waals surface area contributed by atoms with E-state index < -0.39 is 11.0 Å². The van der Waals surface area contributed by atoms with Crippen molar-refractivity contribution in [1.29, 1.82) is 0 Å². The number of carbonyl (C=O) groups is 1. The van der Waals surface area contributed by atoms with Crippen LogP contribution < -0.4 is 25.0 Å². The molecular formula is C31H32N6O6S. The van der Waals surface area contributed by atoms with Gasteiger partial charge in [0.15, 0.2) is 5.11 Å². The number of rotatable bonds is 10. The third-order valence-corrected chi connectivity index (χ3v) is 7.83. The van der Waals surface area contributed by atoms with Gasteiger partial charge in [-0.3, -0.25) is 19.9 Å². The molecule has 12 nitrogen and oxygen atoms in total. The van der Waals surface area contributed by atoms with Crippen LogP contribution in [-0.2, 0) is 9.53 Å². The lowest BCUT2D eigenvalue weighted by molar-refractivity contribution is -0.384. The molecule has 1 fully saturated rings. The van der Waals surface area contributed by atoms with Gasteiger partial charge in [-0.1, -0.05) is 6.07 Å². The molecule has 4 aromatic rings. The molecule has 13 heteroatoms. The number of nitro groups is 1. The minimum atomic E-state index is -0.428. The summed E-state index contributed by atoms with van der Waals surface area (Å²) in [4.78, 5) is 30.3. The number of amides is 1. The normalized spacial score (nSPS) is 16.0. The first-order valence-electron chi connectivity index (χ1n) is 13.7. The van der Waals surface area contributed by atoms with Crippen molar-refractivity contribution < 1.29 is 23.9 Å². The molecule has 0 saturated carbocycles. The molecule has 0 aliphatic carbocycles. The number of thiocarbonyl (C=S) groups is 1. The van der Waals surface area contributed by atoms with E-state index in [0.717, 1.165) is 22.6 Å². The van der Waals surface area contributed by atoms with Crippen LogP contribution in [0.1, 0.15) is 34.7 Å². The van der Waals surface area contributed by atoms with Gasteiger partial charge in [0, 0.05) is 42.5 Å². The number of hydrogen-bond acceptors (Lipinski definition) is 8. The highest BCUT2D eigenvalue weighted by Crippen LogP contribution is 2.45. The van der Waals surface area contributed by atoms with Gasteiger partial charge in [-0.05, 0) is 74.1 Å². The van der Waals surface area contributed by atoms with Gasteiger partial charge in [-0.25, -0.2) is 0 Å². The number of aryl methyl sites for hydroxylation is 1. The van der Waals surface area contributed by atoms with Gasteiger partial charge in [0.05, 0.1) is 48.3 Å². The van der Waals surface area contributed by atoms with Crippen molar-refractivity contribution in [1.82, 2.24) is 14.9 Å². The van der Waals surface area contributed by atoms with Crippen molar-refractivity contribution in [2.24, 2.45) is 0 Å². The zero-order valence-electron chi connectivity index (χ0n) is 24.9. The average molecular weight is 617 g/mol. The molecule has 0 spiro atoms. The largest absolute Gasteiger partial charge is 0.495 e. The van der Waals surface area contributed by atoms with E-state index in [1.807, 2.05) is 53.6 Å². The van der Waals surface area contributed by atoms with E-state index in [9.17, 15) is 14.9 Å². The zero-order valence-corrected chi connectivity index (χ0v) is 25.7. The van der Waals surface area contributed by atoms with Gasteiger partial charge in [0.1, 0.15) is 18.1 Å². The second-order valence-electron chi connectivity index (χ2n) is 10.1. The summed E-state index contributed by atoms with van der Waals surface area (Å²) in [6.45, 7) is 3.78. The van der Waals surface area contributed by atoms with Gasteiger partial charge in [0.25, 0.3) is 5.69 Å². The van der Waals surface area contributed by atoms with Gasteiger partial charge < -0.3 is 34.3 Å². The Morgan fingerprint density at radius 2 is 1.82 bits per heavy atom. The third kappa shape index (κ3) is 5.66. The minimum absolute atomic E-state index is 0.0483. The van der Waals surface area contributed by atoms with Crippen LogP contribution in [0, 0.1) is 24.0 Å². The van der Waals surface area contributed by atoms with Crippen LogP contribution in [0.2, 0.25) is 0 Å². The number of methoxy groups -OCH3 is 3. The van der Waals surface area contributed by atoms with E-state index in [4.69, 9.17) is 26.4 Å². The quantitative estimate of drug-likeness (QED) is 0.140. The molecule has 0 unspecified atom stereocenters. The molecule has 1 amide bonds. The number of nitro benzene ring substituents is 1. The Hall–Kier alpha value is -5.01. The summed E-state index contributed by atoms with van der Waals surface area (Å²) in [5.41, 5.74) is 5.04. The minimum Gasteiger partial charge on any atom is -0.495 e. The lowest BCUT2D eigenvalue weighted by Gasteiger charge is -2.29. The fraction of sp³-hybridized carbons (Fsp3) is 0.258. The van der Waals surface area contributed by atoms with E-state index in [1.54, 1.807) is 24.4 Å². The number of benzene rings is 2. The number of nitrogens with one attached hydrogen (secondary N) is 2. The maximum atomic E-state index is 12.4. The van der Waals surface area contributed by atoms with Crippen LogP contribution in [0.15, 0.2) is 66.9 Å². The molecule has 2 aromatic carbocycles. The highest BCUT2D eigenvalue weighted by atomic mass is 32.1. The molecule has 44 heavy (non-hydrogen) atoms. The summed E-state index contributed by atoms with van der Waals surface area (Å²) in [5, 5.41) is 18.4. The first kappa shape index (κ1) is 30.4. The molecule has 2 N–H and O–H groups in total. The zero-order chi connectivity index (χ0) is 31.5. The van der Waals surface area contributed by atoms with Crippen LogP contribution in [-0.4, -0.2) is 53.4 Å². The standard InChI is InChI=1S/C31H32N6O6S/c1-18-14-22(19(2)35(18)25-16-21(37(39)40)10-12-27(25)43-5)30-29(23-8-6-7-13-32-23)34-31(44)36(30)20-9-11-26(42-4)24(15-20)33-28(38)17-41-3/h6-16,29-30H,17H2,1-5H3,(H,33,38)(H,34,44)/t29-,30-/m1/s1. The Morgan fingerprint density at radius 3 is 2.48 bits per heavy atom. The number of carbonyl (C=O) groups excluding carboxylic acids is 1. The summed E-state index contributed by atoms with van der Waals surface area (Å²) < 4.78 is 18.0. The fourth-order valence-corrected chi connectivity index (χ4v) is 5.98. The molecule has 0 bridgehead atoms. The van der Waals surface area contributed by atoms with Gasteiger partial charge in [-0.2, -0.15) is 0 Å². The average Bonchev–Trinajstić information content (AvgIpc) is 3.51. The highest BCUT2D eigenvalue weighted by molar-refractivity contribution is 7.80. The summed E-state index contributed by atoms with van der Waals surface area (Å²) >= 11 is 5.92. The van der Waals surface area contributed by atoms with Gasteiger partial charge >= 0.3 is 0 Å². The number of pyridine rings is 1. The summed E-state index contributed by atoms with van der Waals surface area (Å²) in [7, 11) is 4.51. The van der Waals surface area contributed by atoms with Crippen LogP contribution in [0.4, 0.5) is 17.1 Å². The van der Waals surface area contributed by atoms with Crippen molar-refractivity contribution in [3.63, 3.8) is 0 Å². The van der Waals surface area contributed by atoms with Crippen molar-refractivity contribution in [3.8, 4) is 17.2 Å². The molecule has 2 aromatic heterocycles. The predicted molar refractivity (Wildman–Crippen MR) is 170 cm³/mol. The molecule has 1 saturated heterocycles. The van der Waals surface area contributed by atoms with Crippen molar-refractivity contribution in [2.45, 2.75) is 25.9 Å². The molecule has 228 valence electrons. The molecule has 2 atom stereocenters. The van der Waals surface area contributed by atoms with E-state index >= 15 is 0 Å². The molecule has 5 rings (SSSR count). The lowest BCUT2D eigenvalue weighted by Crippen LogP contribution is -2.29. The van der Waals surface area contributed by atoms with Crippen molar-refractivity contribution in [2.75, 3.05) is 38.2 Å². The van der Waals surface area contributed by atoms with Crippen LogP contribution in [0.5, 0.6) is 11.5 Å². The third-order valence-electron chi connectivity index (χ3n) is 7.51. The maximum absolute atomic E-state index is 12.4. The van der Waals surface area contributed by atoms with Crippen molar-refractivity contribution >= 4 is 40.3 Å². The summed E-state index contributed by atoms with van der Waals surface area (Å²) in [6.07, 6.45) is 1.73. The molecule has 1 aliphatic heterocycles. The number of ether oxygens (including phenoxy) is 3. The second-order valence-corrected chi connectivity index (χ2v) is 10.5. The highest BCUT2D eigenvalue weighted by Gasteiger charge is 2.42. The number of non-ortho nitro benzene ring substituents is 1. The van der Waals surface area contributed by atoms with Gasteiger partial charge in [-0.15, -0.1) is 0 Å². The molecule has 1 aliphatic rings. The van der Waals surface area contributed by atoms with E-state index in [2.05, 4.69) is 15.6 Å². The summed E-state index contributed by atoms with van der Waals surface area (Å²) in [5.74, 6) is 0.640. The Labute approximate surface area is 259 Å². The SMILES string of the molecule is COCC(=O)Nc1cc(N2C(=S)N[C@H](c3ccccn3)[C@H]2c2cc(C)n(-c3cc([N+](=O)[O-])ccc3OC)c2C)ccc1OC. The topological polar surface area (TPSA) is 133 Å². The number of hydrogen-bond donors (Lipinski definition) is 2. The lowest BCUT2D eigenvalue weighted by atomic mass is 9.96.